The van der Waals surface area contributed by atoms with Gasteiger partial charge in [-0.05, 0) is 42.0 Å². The predicted molar refractivity (Wildman–Crippen MR) is 82.5 cm³/mol. The van der Waals surface area contributed by atoms with E-state index in [0.29, 0.717) is 0 Å². The molecule has 0 radical (unpaired) electrons. The molecule has 0 saturated heterocycles. The molecular formula is C16H20N2S. The average molecular weight is 272 g/mol. The highest BCUT2D eigenvalue weighted by Gasteiger charge is 2.08. The lowest BCUT2D eigenvalue weighted by Gasteiger charge is -2.12. The quantitative estimate of drug-likeness (QED) is 0.845. The van der Waals surface area contributed by atoms with Gasteiger partial charge in [0.05, 0.1) is 0 Å². The topological polar surface area (TPSA) is 38.9 Å². The Bertz CT molecular complexity index is 505. The molecule has 0 spiro atoms. The van der Waals surface area contributed by atoms with Crippen LogP contribution in [0.3, 0.4) is 0 Å². The van der Waals surface area contributed by atoms with Crippen LogP contribution in [0.2, 0.25) is 0 Å². The minimum absolute atomic E-state index is 0.0101. The first-order valence-electron chi connectivity index (χ1n) is 6.56. The van der Waals surface area contributed by atoms with E-state index in [9.17, 15) is 0 Å². The van der Waals surface area contributed by atoms with Crippen molar-refractivity contribution in [2.24, 2.45) is 5.73 Å². The minimum atomic E-state index is 0.0101. The van der Waals surface area contributed by atoms with E-state index < -0.39 is 0 Å². The number of nitrogens with zero attached hydrogens (tertiary/aromatic N) is 1. The highest BCUT2D eigenvalue weighted by molar-refractivity contribution is 7.98. The van der Waals surface area contributed by atoms with Gasteiger partial charge in [-0.2, -0.15) is 0 Å². The second-order valence-electron chi connectivity index (χ2n) is 4.60. The Morgan fingerprint density at radius 2 is 1.89 bits per heavy atom. The van der Waals surface area contributed by atoms with Crippen molar-refractivity contribution in [3.8, 4) is 0 Å². The third-order valence-electron chi connectivity index (χ3n) is 3.27. The summed E-state index contributed by atoms with van der Waals surface area (Å²) in [6.45, 7) is 2.13. The van der Waals surface area contributed by atoms with Gasteiger partial charge >= 0.3 is 0 Å². The zero-order valence-electron chi connectivity index (χ0n) is 11.5. The summed E-state index contributed by atoms with van der Waals surface area (Å²) in [6.07, 6.45) is 5.82. The molecule has 0 fully saturated rings. The zero-order chi connectivity index (χ0) is 13.7. The van der Waals surface area contributed by atoms with Gasteiger partial charge in [-0.1, -0.05) is 25.1 Å². The van der Waals surface area contributed by atoms with Gasteiger partial charge in [0, 0.05) is 29.2 Å². The summed E-state index contributed by atoms with van der Waals surface area (Å²) in [7, 11) is 0. The summed E-state index contributed by atoms with van der Waals surface area (Å²) in [5.74, 6) is 0. The van der Waals surface area contributed by atoms with Crippen LogP contribution < -0.4 is 5.73 Å². The SMILES string of the molecule is CCc1ccc(CC(N)c2ccc(SC)cc2)nc1. The maximum Gasteiger partial charge on any atom is 0.0422 e. The van der Waals surface area contributed by atoms with Crippen LogP contribution in [-0.2, 0) is 12.8 Å². The highest BCUT2D eigenvalue weighted by Crippen LogP contribution is 2.20. The molecule has 19 heavy (non-hydrogen) atoms. The lowest BCUT2D eigenvalue weighted by Crippen LogP contribution is -2.14. The van der Waals surface area contributed by atoms with Crippen molar-refractivity contribution in [3.05, 3.63) is 59.4 Å². The number of pyridine rings is 1. The van der Waals surface area contributed by atoms with Crippen molar-refractivity contribution in [2.45, 2.75) is 30.7 Å². The third kappa shape index (κ3) is 3.82. The summed E-state index contributed by atoms with van der Waals surface area (Å²) in [5, 5.41) is 0. The third-order valence-corrected chi connectivity index (χ3v) is 4.01. The van der Waals surface area contributed by atoms with Gasteiger partial charge in [-0.25, -0.2) is 0 Å². The second kappa shape index (κ2) is 6.73. The Balaban J connectivity index is 2.04. The molecule has 0 saturated carbocycles. The fourth-order valence-corrected chi connectivity index (χ4v) is 2.39. The number of nitrogens with two attached hydrogens (primary N) is 1. The normalized spacial score (nSPS) is 12.4. The molecule has 2 rings (SSSR count). The Kier molecular flexibility index (Phi) is 5.00. The van der Waals surface area contributed by atoms with E-state index in [1.165, 1.54) is 16.0 Å². The fourth-order valence-electron chi connectivity index (χ4n) is 1.98. The summed E-state index contributed by atoms with van der Waals surface area (Å²) < 4.78 is 0. The molecule has 0 aliphatic carbocycles. The number of hydrogen-bond acceptors (Lipinski definition) is 3. The second-order valence-corrected chi connectivity index (χ2v) is 5.47. The molecule has 0 amide bonds. The Labute approximate surface area is 119 Å². The number of aryl methyl sites for hydroxylation is 1. The molecule has 2 aromatic rings. The van der Waals surface area contributed by atoms with E-state index in [2.05, 4.69) is 54.6 Å². The lowest BCUT2D eigenvalue weighted by molar-refractivity contribution is 0.705. The van der Waals surface area contributed by atoms with Crippen molar-refractivity contribution in [1.82, 2.24) is 4.98 Å². The van der Waals surface area contributed by atoms with E-state index in [1.54, 1.807) is 11.8 Å². The van der Waals surface area contributed by atoms with Crippen molar-refractivity contribution in [2.75, 3.05) is 6.26 Å². The van der Waals surface area contributed by atoms with Gasteiger partial charge < -0.3 is 5.73 Å². The van der Waals surface area contributed by atoms with Crippen molar-refractivity contribution in [3.63, 3.8) is 0 Å². The smallest absolute Gasteiger partial charge is 0.0422 e. The van der Waals surface area contributed by atoms with Gasteiger partial charge in [0.2, 0.25) is 0 Å². The van der Waals surface area contributed by atoms with Crippen LogP contribution in [0.4, 0.5) is 0 Å². The Morgan fingerprint density at radius 1 is 1.16 bits per heavy atom. The highest BCUT2D eigenvalue weighted by atomic mass is 32.2. The van der Waals surface area contributed by atoms with Crippen LogP contribution in [0, 0.1) is 0 Å². The van der Waals surface area contributed by atoms with E-state index >= 15 is 0 Å². The summed E-state index contributed by atoms with van der Waals surface area (Å²) >= 11 is 1.74. The van der Waals surface area contributed by atoms with Crippen LogP contribution in [0.1, 0.15) is 29.8 Å². The zero-order valence-corrected chi connectivity index (χ0v) is 12.3. The van der Waals surface area contributed by atoms with Gasteiger partial charge in [0.25, 0.3) is 0 Å². The molecule has 1 aromatic carbocycles. The first-order chi connectivity index (χ1) is 9.22. The average Bonchev–Trinajstić information content (AvgIpc) is 2.48. The lowest BCUT2D eigenvalue weighted by atomic mass is 10.0. The van der Waals surface area contributed by atoms with Gasteiger partial charge in [0.1, 0.15) is 0 Å². The van der Waals surface area contributed by atoms with Crippen molar-refractivity contribution in [1.29, 1.82) is 0 Å². The molecule has 0 aliphatic heterocycles. The molecule has 1 aromatic heterocycles. The van der Waals surface area contributed by atoms with Gasteiger partial charge in [-0.15, -0.1) is 11.8 Å². The van der Waals surface area contributed by atoms with E-state index in [-0.39, 0.29) is 6.04 Å². The Hall–Kier alpha value is -1.32. The largest absolute Gasteiger partial charge is 0.324 e. The molecule has 1 heterocycles. The Morgan fingerprint density at radius 3 is 2.42 bits per heavy atom. The van der Waals surface area contributed by atoms with Crippen molar-refractivity contribution < 1.29 is 0 Å². The first kappa shape index (κ1) is 14.1. The number of benzene rings is 1. The summed E-state index contributed by atoms with van der Waals surface area (Å²) in [5.41, 5.74) is 9.73. The van der Waals surface area contributed by atoms with Crippen LogP contribution in [0.5, 0.6) is 0 Å². The van der Waals surface area contributed by atoms with Crippen LogP contribution >= 0.6 is 11.8 Å². The molecule has 2 nitrogen and oxygen atoms in total. The number of aromatic nitrogens is 1. The fraction of sp³-hybridized carbons (Fsp3) is 0.312. The molecule has 1 atom stereocenters. The maximum atomic E-state index is 6.24. The molecule has 3 heteroatoms. The van der Waals surface area contributed by atoms with Crippen LogP contribution in [0.15, 0.2) is 47.5 Å². The molecule has 1 unspecified atom stereocenters. The van der Waals surface area contributed by atoms with Gasteiger partial charge in [-0.3, -0.25) is 4.98 Å². The number of hydrogen-bond donors (Lipinski definition) is 1. The standard InChI is InChI=1S/C16H20N2S/c1-3-12-4-7-14(18-11-12)10-16(17)13-5-8-15(19-2)9-6-13/h4-9,11,16H,3,10,17H2,1-2H3. The van der Waals surface area contributed by atoms with E-state index in [0.717, 1.165) is 18.5 Å². The molecule has 2 N–H and O–H groups in total. The molecule has 0 bridgehead atoms. The van der Waals surface area contributed by atoms with E-state index in [1.807, 2.05) is 6.20 Å². The monoisotopic (exact) mass is 272 g/mol. The van der Waals surface area contributed by atoms with Crippen LogP contribution in [0.25, 0.3) is 0 Å². The maximum absolute atomic E-state index is 6.24. The predicted octanol–water partition coefficient (Wildman–Crippen LogP) is 3.61. The first-order valence-corrected chi connectivity index (χ1v) is 7.78. The number of thioether (sulfide) groups is 1. The minimum Gasteiger partial charge on any atom is -0.324 e. The van der Waals surface area contributed by atoms with Crippen molar-refractivity contribution >= 4 is 11.8 Å². The number of rotatable bonds is 5. The molecular weight excluding hydrogens is 252 g/mol. The molecule has 0 aliphatic rings. The summed E-state index contributed by atoms with van der Waals surface area (Å²) in [6, 6.07) is 12.7. The van der Waals surface area contributed by atoms with Gasteiger partial charge in [0.15, 0.2) is 0 Å². The van der Waals surface area contributed by atoms with Crippen LogP contribution in [-0.4, -0.2) is 11.2 Å². The van der Waals surface area contributed by atoms with E-state index in [4.69, 9.17) is 5.73 Å². The summed E-state index contributed by atoms with van der Waals surface area (Å²) in [4.78, 5) is 5.73. The molecule has 100 valence electrons.